The number of hydrogen-bond acceptors (Lipinski definition) is 7. The lowest BCUT2D eigenvalue weighted by atomic mass is 10.1. The van der Waals surface area contributed by atoms with Gasteiger partial charge >= 0.3 is 0 Å². The van der Waals surface area contributed by atoms with Crippen molar-refractivity contribution < 1.29 is 9.26 Å². The van der Waals surface area contributed by atoms with Crippen molar-refractivity contribution in [2.75, 3.05) is 31.2 Å². The average Bonchev–Trinajstić information content (AvgIpc) is 3.07. The van der Waals surface area contributed by atoms with Gasteiger partial charge < -0.3 is 15.0 Å². The zero-order valence-electron chi connectivity index (χ0n) is 12.0. The standard InChI is InChI=1S/C13H22N4O2S/c1-8(2)17-3-4-18-11(5-17)12-15-13(19-16-12)9-6-20-7-10(9)14/h8-11H,3-7,14H2,1-2H3. The zero-order valence-corrected chi connectivity index (χ0v) is 12.8. The molecule has 2 aliphatic rings. The minimum absolute atomic E-state index is 0.0890. The number of nitrogens with zero attached hydrogens (tertiary/aromatic N) is 3. The maximum atomic E-state index is 6.07. The zero-order chi connectivity index (χ0) is 14.1. The van der Waals surface area contributed by atoms with Crippen LogP contribution in [0.4, 0.5) is 0 Å². The van der Waals surface area contributed by atoms with Crippen LogP contribution in [-0.2, 0) is 4.74 Å². The van der Waals surface area contributed by atoms with E-state index < -0.39 is 0 Å². The smallest absolute Gasteiger partial charge is 0.232 e. The maximum Gasteiger partial charge on any atom is 0.232 e. The second kappa shape index (κ2) is 6.01. The number of morpholine rings is 1. The normalized spacial score (nSPS) is 32.1. The van der Waals surface area contributed by atoms with Gasteiger partial charge in [0.1, 0.15) is 6.10 Å². The number of aromatic nitrogens is 2. The van der Waals surface area contributed by atoms with Crippen molar-refractivity contribution in [3.8, 4) is 0 Å². The molecule has 0 bridgehead atoms. The summed E-state index contributed by atoms with van der Waals surface area (Å²) in [6, 6.07) is 0.625. The summed E-state index contributed by atoms with van der Waals surface area (Å²) in [4.78, 5) is 6.91. The molecule has 2 saturated heterocycles. The van der Waals surface area contributed by atoms with Crippen molar-refractivity contribution in [2.45, 2.75) is 38.0 Å². The van der Waals surface area contributed by atoms with Crippen molar-refractivity contribution in [1.82, 2.24) is 15.0 Å². The minimum Gasteiger partial charge on any atom is -0.367 e. The molecule has 3 unspecified atom stereocenters. The SMILES string of the molecule is CC(C)N1CCOC(c2noc(C3CSCC3N)n2)C1. The lowest BCUT2D eigenvalue weighted by Gasteiger charge is -2.34. The number of hydrogen-bond donors (Lipinski definition) is 1. The summed E-state index contributed by atoms with van der Waals surface area (Å²) < 4.78 is 11.2. The van der Waals surface area contributed by atoms with Crippen LogP contribution in [0.5, 0.6) is 0 Å². The van der Waals surface area contributed by atoms with Crippen LogP contribution in [-0.4, -0.2) is 58.3 Å². The molecule has 3 heterocycles. The Bertz CT molecular complexity index is 453. The largest absolute Gasteiger partial charge is 0.367 e. The van der Waals surface area contributed by atoms with Crippen LogP contribution in [0.2, 0.25) is 0 Å². The number of ether oxygens (including phenoxy) is 1. The third-order valence-corrected chi connectivity index (χ3v) is 5.23. The quantitative estimate of drug-likeness (QED) is 0.892. The summed E-state index contributed by atoms with van der Waals surface area (Å²) in [7, 11) is 0. The van der Waals surface area contributed by atoms with Gasteiger partial charge in [-0.05, 0) is 13.8 Å². The summed E-state index contributed by atoms with van der Waals surface area (Å²) in [6.07, 6.45) is -0.0890. The van der Waals surface area contributed by atoms with Gasteiger partial charge in [-0.15, -0.1) is 0 Å². The molecule has 20 heavy (non-hydrogen) atoms. The van der Waals surface area contributed by atoms with E-state index in [1.165, 1.54) is 0 Å². The van der Waals surface area contributed by atoms with Crippen LogP contribution in [0.15, 0.2) is 4.52 Å². The lowest BCUT2D eigenvalue weighted by Crippen LogP contribution is -2.42. The molecule has 2 N–H and O–H groups in total. The summed E-state index contributed by atoms with van der Waals surface area (Å²) in [5.41, 5.74) is 6.07. The van der Waals surface area contributed by atoms with E-state index in [1.807, 2.05) is 11.8 Å². The first-order valence-corrected chi connectivity index (χ1v) is 8.33. The number of thioether (sulfide) groups is 1. The first-order valence-electron chi connectivity index (χ1n) is 7.17. The van der Waals surface area contributed by atoms with E-state index >= 15 is 0 Å². The molecule has 1 aromatic heterocycles. The van der Waals surface area contributed by atoms with Gasteiger partial charge in [-0.25, -0.2) is 0 Å². The highest BCUT2D eigenvalue weighted by Crippen LogP contribution is 2.31. The Morgan fingerprint density at radius 2 is 2.25 bits per heavy atom. The Kier molecular flexibility index (Phi) is 4.30. The fourth-order valence-corrected chi connectivity index (χ4v) is 3.93. The van der Waals surface area contributed by atoms with Gasteiger partial charge in [-0.2, -0.15) is 16.7 Å². The fourth-order valence-electron chi connectivity index (χ4n) is 2.65. The Hall–Kier alpha value is -0.630. The molecule has 0 spiro atoms. The molecular weight excluding hydrogens is 276 g/mol. The van der Waals surface area contributed by atoms with Gasteiger partial charge in [-0.1, -0.05) is 5.16 Å². The molecule has 6 nitrogen and oxygen atoms in total. The van der Waals surface area contributed by atoms with Gasteiger partial charge in [0.25, 0.3) is 0 Å². The third-order valence-electron chi connectivity index (χ3n) is 4.02. The summed E-state index contributed by atoms with van der Waals surface area (Å²) in [5.74, 6) is 3.44. The first kappa shape index (κ1) is 14.3. The molecule has 0 amide bonds. The number of nitrogens with two attached hydrogens (primary N) is 1. The maximum absolute atomic E-state index is 6.07. The highest BCUT2D eigenvalue weighted by Gasteiger charge is 2.33. The molecule has 0 aliphatic carbocycles. The van der Waals surface area contributed by atoms with E-state index in [0.717, 1.165) is 24.6 Å². The summed E-state index contributed by atoms with van der Waals surface area (Å²) in [5, 5.41) is 4.11. The number of rotatable bonds is 3. The van der Waals surface area contributed by atoms with Crippen molar-refractivity contribution in [1.29, 1.82) is 0 Å². The molecule has 1 aromatic rings. The Morgan fingerprint density at radius 3 is 2.95 bits per heavy atom. The molecule has 0 radical (unpaired) electrons. The van der Waals surface area contributed by atoms with E-state index in [4.69, 9.17) is 15.0 Å². The van der Waals surface area contributed by atoms with Crippen LogP contribution < -0.4 is 5.73 Å². The average molecular weight is 298 g/mol. The fraction of sp³-hybridized carbons (Fsp3) is 0.846. The van der Waals surface area contributed by atoms with E-state index in [1.54, 1.807) is 0 Å². The van der Waals surface area contributed by atoms with Crippen molar-refractivity contribution >= 4 is 11.8 Å². The van der Waals surface area contributed by atoms with Crippen LogP contribution in [0.3, 0.4) is 0 Å². The van der Waals surface area contributed by atoms with Crippen LogP contribution in [0.25, 0.3) is 0 Å². The van der Waals surface area contributed by atoms with Gasteiger partial charge in [0.05, 0.1) is 12.5 Å². The Labute approximate surface area is 123 Å². The van der Waals surface area contributed by atoms with E-state index in [-0.39, 0.29) is 18.1 Å². The molecule has 0 aromatic carbocycles. The Balaban J connectivity index is 1.70. The van der Waals surface area contributed by atoms with Gasteiger partial charge in [0, 0.05) is 36.7 Å². The molecule has 2 fully saturated rings. The molecular formula is C13H22N4O2S. The second-order valence-electron chi connectivity index (χ2n) is 5.75. The van der Waals surface area contributed by atoms with Crippen molar-refractivity contribution in [2.24, 2.45) is 5.73 Å². The molecule has 112 valence electrons. The van der Waals surface area contributed by atoms with Crippen LogP contribution >= 0.6 is 11.8 Å². The monoisotopic (exact) mass is 298 g/mol. The van der Waals surface area contributed by atoms with Crippen LogP contribution in [0.1, 0.15) is 37.6 Å². The first-order chi connectivity index (χ1) is 9.65. The van der Waals surface area contributed by atoms with Gasteiger partial charge in [0.2, 0.25) is 11.7 Å². The second-order valence-corrected chi connectivity index (χ2v) is 6.82. The molecule has 2 aliphatic heterocycles. The van der Waals surface area contributed by atoms with E-state index in [0.29, 0.717) is 24.4 Å². The summed E-state index contributed by atoms with van der Waals surface area (Å²) in [6.45, 7) is 6.88. The van der Waals surface area contributed by atoms with Crippen molar-refractivity contribution in [3.05, 3.63) is 11.7 Å². The molecule has 3 rings (SSSR count). The Morgan fingerprint density at radius 1 is 1.40 bits per heavy atom. The van der Waals surface area contributed by atoms with Gasteiger partial charge in [0.15, 0.2) is 0 Å². The highest BCUT2D eigenvalue weighted by molar-refractivity contribution is 7.99. The molecule has 0 saturated carbocycles. The predicted octanol–water partition coefficient (Wildman–Crippen LogP) is 1.01. The van der Waals surface area contributed by atoms with E-state index in [2.05, 4.69) is 28.9 Å². The lowest BCUT2D eigenvalue weighted by molar-refractivity contribution is -0.0450. The van der Waals surface area contributed by atoms with Crippen LogP contribution in [0, 0.1) is 0 Å². The predicted molar refractivity (Wildman–Crippen MR) is 77.7 cm³/mol. The van der Waals surface area contributed by atoms with Gasteiger partial charge in [-0.3, -0.25) is 4.90 Å². The van der Waals surface area contributed by atoms with E-state index in [9.17, 15) is 0 Å². The topological polar surface area (TPSA) is 77.4 Å². The third kappa shape index (κ3) is 2.86. The highest BCUT2D eigenvalue weighted by atomic mass is 32.2. The molecule has 7 heteroatoms. The van der Waals surface area contributed by atoms with Crippen molar-refractivity contribution in [3.63, 3.8) is 0 Å². The molecule has 3 atom stereocenters. The minimum atomic E-state index is -0.0890. The summed E-state index contributed by atoms with van der Waals surface area (Å²) >= 11 is 1.84.